The number of hydrogen-bond acceptors (Lipinski definition) is 3. The second kappa shape index (κ2) is 11.7. The molecule has 3 rings (SSSR count). The molecule has 5 nitrogen and oxygen atoms in total. The molecule has 0 aliphatic heterocycles. The van der Waals surface area contributed by atoms with Gasteiger partial charge in [-0.2, -0.15) is 0 Å². The third-order valence-corrected chi connectivity index (χ3v) is 6.15. The molecular weight excluding hydrogens is 436 g/mol. The van der Waals surface area contributed by atoms with Crippen LogP contribution in [0, 0.1) is 0 Å². The van der Waals surface area contributed by atoms with Crippen molar-refractivity contribution in [3.63, 3.8) is 0 Å². The van der Waals surface area contributed by atoms with Gasteiger partial charge in [0, 0.05) is 23.0 Å². The molecule has 174 valence electrons. The van der Waals surface area contributed by atoms with Gasteiger partial charge in [-0.05, 0) is 42.8 Å². The first-order valence-corrected chi connectivity index (χ1v) is 11.8. The molecule has 0 heterocycles. The van der Waals surface area contributed by atoms with Crippen LogP contribution in [0.2, 0.25) is 5.02 Å². The highest BCUT2D eigenvalue weighted by Gasteiger charge is 2.30. The number of rotatable bonds is 10. The van der Waals surface area contributed by atoms with E-state index in [1.165, 1.54) is 0 Å². The third-order valence-electron chi connectivity index (χ3n) is 5.79. The zero-order valence-electron chi connectivity index (χ0n) is 19.4. The van der Waals surface area contributed by atoms with E-state index in [0.29, 0.717) is 17.2 Å². The van der Waals surface area contributed by atoms with E-state index in [-0.39, 0.29) is 31.0 Å². The highest BCUT2D eigenvalue weighted by atomic mass is 35.5. The number of fused-ring (bicyclic) bond motifs is 1. The van der Waals surface area contributed by atoms with Crippen LogP contribution in [-0.4, -0.2) is 35.4 Å². The van der Waals surface area contributed by atoms with E-state index in [1.54, 1.807) is 11.0 Å². The molecule has 6 heteroatoms. The summed E-state index contributed by atoms with van der Waals surface area (Å²) in [6, 6.07) is 20.4. The van der Waals surface area contributed by atoms with Crippen molar-refractivity contribution in [1.82, 2.24) is 10.2 Å². The Morgan fingerprint density at radius 3 is 2.39 bits per heavy atom. The Bertz CT molecular complexity index is 1100. The summed E-state index contributed by atoms with van der Waals surface area (Å²) in [5.41, 5.74) is 0.785. The fourth-order valence-electron chi connectivity index (χ4n) is 3.71. The maximum atomic E-state index is 13.4. The summed E-state index contributed by atoms with van der Waals surface area (Å²) in [5, 5.41) is 5.54. The average Bonchev–Trinajstić information content (AvgIpc) is 2.83. The number of nitrogens with one attached hydrogen (secondary N) is 1. The molecule has 2 atom stereocenters. The smallest absolute Gasteiger partial charge is 0.261 e. The lowest BCUT2D eigenvalue weighted by molar-refractivity contribution is -0.143. The van der Waals surface area contributed by atoms with Crippen molar-refractivity contribution in [3.05, 3.63) is 77.3 Å². The quantitative estimate of drug-likeness (QED) is 0.423. The first kappa shape index (κ1) is 24.6. The Kier molecular flexibility index (Phi) is 8.72. The van der Waals surface area contributed by atoms with Gasteiger partial charge in [-0.3, -0.25) is 9.59 Å². The molecule has 33 heavy (non-hydrogen) atoms. The second-order valence-corrected chi connectivity index (χ2v) is 8.53. The van der Waals surface area contributed by atoms with Crippen molar-refractivity contribution >= 4 is 34.2 Å². The Labute approximate surface area is 200 Å². The van der Waals surface area contributed by atoms with Crippen LogP contribution in [0.4, 0.5) is 0 Å². The van der Waals surface area contributed by atoms with Gasteiger partial charge in [0.05, 0.1) is 0 Å². The number of nitrogens with zero attached hydrogens (tertiary/aromatic N) is 1. The minimum atomic E-state index is -0.626. The summed E-state index contributed by atoms with van der Waals surface area (Å²) in [4.78, 5) is 28.0. The summed E-state index contributed by atoms with van der Waals surface area (Å²) >= 11 is 6.38. The number of carbonyl (C=O) groups excluding carboxylic acids is 2. The van der Waals surface area contributed by atoms with E-state index in [4.69, 9.17) is 16.3 Å². The van der Waals surface area contributed by atoms with Crippen molar-refractivity contribution in [2.45, 2.75) is 52.2 Å². The van der Waals surface area contributed by atoms with Crippen LogP contribution in [0.1, 0.15) is 39.2 Å². The third kappa shape index (κ3) is 6.26. The number of benzene rings is 3. The number of amides is 2. The second-order valence-electron chi connectivity index (χ2n) is 8.12. The number of halogens is 1. The van der Waals surface area contributed by atoms with Gasteiger partial charge in [0.15, 0.2) is 6.61 Å². The molecular formula is C27H31ClN2O3. The van der Waals surface area contributed by atoms with Crippen LogP contribution < -0.4 is 10.1 Å². The first-order chi connectivity index (χ1) is 15.9. The Balaban J connectivity index is 1.84. The molecule has 1 N–H and O–H groups in total. The molecule has 0 spiro atoms. The van der Waals surface area contributed by atoms with Gasteiger partial charge in [0.2, 0.25) is 5.91 Å². The fourth-order valence-corrected chi connectivity index (χ4v) is 3.91. The lowest BCUT2D eigenvalue weighted by atomic mass is 10.1. The lowest BCUT2D eigenvalue weighted by Crippen LogP contribution is -2.51. The Morgan fingerprint density at radius 2 is 1.67 bits per heavy atom. The molecule has 0 saturated heterocycles. The molecule has 0 aromatic heterocycles. The highest BCUT2D eigenvalue weighted by molar-refractivity contribution is 6.31. The molecule has 3 aromatic carbocycles. The van der Waals surface area contributed by atoms with Gasteiger partial charge >= 0.3 is 0 Å². The van der Waals surface area contributed by atoms with E-state index in [0.717, 1.165) is 22.8 Å². The lowest BCUT2D eigenvalue weighted by Gasteiger charge is -2.31. The predicted octanol–water partition coefficient (Wildman–Crippen LogP) is 5.59. The molecule has 3 aromatic rings. The summed E-state index contributed by atoms with van der Waals surface area (Å²) in [6.07, 6.45) is 1.29. The van der Waals surface area contributed by atoms with E-state index in [1.807, 2.05) is 81.4 Å². The SMILES string of the molecule is CC[C@H](C)NC(=O)[C@H](CC)N(Cc1ccccc1Cl)C(=O)COc1cccc2ccccc12. The maximum absolute atomic E-state index is 13.4. The Hall–Kier alpha value is -3.05. The molecule has 0 radical (unpaired) electrons. The van der Waals surface area contributed by atoms with Crippen LogP contribution in [0.5, 0.6) is 5.75 Å². The van der Waals surface area contributed by atoms with Gasteiger partial charge in [0.1, 0.15) is 11.8 Å². The van der Waals surface area contributed by atoms with Gasteiger partial charge < -0.3 is 15.0 Å². The highest BCUT2D eigenvalue weighted by Crippen LogP contribution is 2.26. The normalized spacial score (nSPS) is 12.7. The van der Waals surface area contributed by atoms with Crippen LogP contribution >= 0.6 is 11.6 Å². The molecule has 0 aliphatic carbocycles. The van der Waals surface area contributed by atoms with Crippen molar-refractivity contribution in [2.75, 3.05) is 6.61 Å². The van der Waals surface area contributed by atoms with Crippen molar-refractivity contribution in [1.29, 1.82) is 0 Å². The van der Waals surface area contributed by atoms with E-state index in [2.05, 4.69) is 5.32 Å². The Morgan fingerprint density at radius 1 is 0.970 bits per heavy atom. The molecule has 0 aliphatic rings. The number of ether oxygens (including phenoxy) is 1. The van der Waals surface area contributed by atoms with E-state index >= 15 is 0 Å². The summed E-state index contributed by atoms with van der Waals surface area (Å²) in [5.74, 6) is 0.197. The molecule has 2 amide bonds. The zero-order valence-corrected chi connectivity index (χ0v) is 20.1. The summed E-state index contributed by atoms with van der Waals surface area (Å²) < 4.78 is 5.95. The van der Waals surface area contributed by atoms with Gasteiger partial charge in [-0.15, -0.1) is 0 Å². The summed E-state index contributed by atoms with van der Waals surface area (Å²) in [7, 11) is 0. The van der Waals surface area contributed by atoms with Crippen LogP contribution in [-0.2, 0) is 16.1 Å². The number of hydrogen-bond donors (Lipinski definition) is 1. The van der Waals surface area contributed by atoms with Crippen molar-refractivity contribution in [3.8, 4) is 5.75 Å². The standard InChI is InChI=1S/C27H31ClN2O3/c1-4-19(3)29-27(32)24(5-2)30(17-21-12-7-9-15-23(21)28)26(31)18-33-25-16-10-13-20-11-6-8-14-22(20)25/h6-16,19,24H,4-5,17-18H2,1-3H3,(H,29,32)/t19-,24-/m0/s1. The van der Waals surface area contributed by atoms with Crippen molar-refractivity contribution < 1.29 is 14.3 Å². The van der Waals surface area contributed by atoms with E-state index < -0.39 is 6.04 Å². The van der Waals surface area contributed by atoms with Gasteiger partial charge in [-0.25, -0.2) is 0 Å². The fraction of sp³-hybridized carbons (Fsp3) is 0.333. The number of carbonyl (C=O) groups is 2. The first-order valence-electron chi connectivity index (χ1n) is 11.4. The van der Waals surface area contributed by atoms with E-state index in [9.17, 15) is 9.59 Å². The van der Waals surface area contributed by atoms with Gasteiger partial charge in [-0.1, -0.05) is 80.0 Å². The largest absolute Gasteiger partial charge is 0.483 e. The van der Waals surface area contributed by atoms with Gasteiger partial charge in [0.25, 0.3) is 5.91 Å². The average molecular weight is 467 g/mol. The minimum absolute atomic E-state index is 0.0238. The maximum Gasteiger partial charge on any atom is 0.261 e. The minimum Gasteiger partial charge on any atom is -0.483 e. The van der Waals surface area contributed by atoms with Crippen LogP contribution in [0.3, 0.4) is 0 Å². The zero-order chi connectivity index (χ0) is 23.8. The topological polar surface area (TPSA) is 58.6 Å². The van der Waals surface area contributed by atoms with Crippen LogP contribution in [0.25, 0.3) is 10.8 Å². The molecule has 0 saturated carbocycles. The van der Waals surface area contributed by atoms with Crippen LogP contribution in [0.15, 0.2) is 66.7 Å². The molecule has 0 bridgehead atoms. The molecule has 0 unspecified atom stereocenters. The predicted molar refractivity (Wildman–Crippen MR) is 133 cm³/mol. The monoisotopic (exact) mass is 466 g/mol. The summed E-state index contributed by atoms with van der Waals surface area (Å²) in [6.45, 7) is 5.92. The van der Waals surface area contributed by atoms with Crippen molar-refractivity contribution in [2.24, 2.45) is 0 Å². The molecule has 0 fully saturated rings.